The number of hydrogen-bond donors (Lipinski definition) is 1. The topological polar surface area (TPSA) is 59.0 Å². The minimum absolute atomic E-state index is 0.200. The largest absolute Gasteiger partial charge is 0.490 e. The molecule has 0 bridgehead atoms. The van der Waals surface area contributed by atoms with Crippen LogP contribution in [0.1, 0.15) is 25.8 Å². The molecule has 0 saturated heterocycles. The summed E-state index contributed by atoms with van der Waals surface area (Å²) in [5.74, 6) is 0.329. The minimum atomic E-state index is -0.909. The van der Waals surface area contributed by atoms with Crippen LogP contribution in [0.15, 0.2) is 18.2 Å². The number of hydrogen-bond acceptors (Lipinski definition) is 3. The number of benzene rings is 1. The summed E-state index contributed by atoms with van der Waals surface area (Å²) in [5, 5.41) is 8.82. The fourth-order valence-corrected chi connectivity index (χ4v) is 1.65. The highest BCUT2D eigenvalue weighted by atomic mass is 19.1. The van der Waals surface area contributed by atoms with Crippen molar-refractivity contribution >= 4 is 0 Å². The Bertz CT molecular complexity index is 438. The molecule has 0 radical (unpaired) electrons. The first-order valence-electron chi connectivity index (χ1n) is 5.47. The molecule has 0 aromatic heterocycles. The van der Waals surface area contributed by atoms with Crippen molar-refractivity contribution < 1.29 is 9.13 Å². The Morgan fingerprint density at radius 2 is 2.24 bits per heavy atom. The summed E-state index contributed by atoms with van der Waals surface area (Å²) < 4.78 is 18.5. The first-order valence-corrected chi connectivity index (χ1v) is 5.47. The van der Waals surface area contributed by atoms with Crippen LogP contribution in [0.3, 0.4) is 0 Å². The van der Waals surface area contributed by atoms with E-state index in [9.17, 15) is 4.39 Å². The molecule has 3 nitrogen and oxygen atoms in total. The number of halogens is 1. The number of nitriles is 1. The summed E-state index contributed by atoms with van der Waals surface area (Å²) >= 11 is 0. The highest BCUT2D eigenvalue weighted by Crippen LogP contribution is 2.21. The van der Waals surface area contributed by atoms with E-state index in [1.807, 2.05) is 13.0 Å². The third-order valence-corrected chi connectivity index (χ3v) is 2.43. The number of nitrogens with zero attached hydrogens (tertiary/aromatic N) is 1. The summed E-state index contributed by atoms with van der Waals surface area (Å²) in [6.07, 6.45) is 0.217. The molecule has 1 aromatic carbocycles. The van der Waals surface area contributed by atoms with E-state index in [1.54, 1.807) is 19.9 Å². The zero-order valence-corrected chi connectivity index (χ0v) is 10.3. The third-order valence-electron chi connectivity index (χ3n) is 2.43. The van der Waals surface area contributed by atoms with Gasteiger partial charge in [-0.15, -0.1) is 0 Å². The molecule has 1 aromatic rings. The fourth-order valence-electron chi connectivity index (χ4n) is 1.65. The van der Waals surface area contributed by atoms with E-state index >= 15 is 0 Å². The van der Waals surface area contributed by atoms with Gasteiger partial charge < -0.3 is 10.5 Å². The Balaban J connectivity index is 2.69. The fraction of sp³-hybridized carbons (Fsp3) is 0.462. The Morgan fingerprint density at radius 1 is 1.59 bits per heavy atom. The number of ether oxygens (including phenoxy) is 1. The number of aryl methyl sites for hydroxylation is 1. The van der Waals surface area contributed by atoms with Crippen LogP contribution in [0.5, 0.6) is 5.75 Å². The SMILES string of the molecule is Cc1cc(F)ccc1OC(C)CC(C)(N)C#N. The van der Waals surface area contributed by atoms with Crippen LogP contribution in [-0.2, 0) is 0 Å². The van der Waals surface area contributed by atoms with Gasteiger partial charge in [0.1, 0.15) is 17.1 Å². The second-order valence-corrected chi connectivity index (χ2v) is 4.57. The van der Waals surface area contributed by atoms with E-state index in [2.05, 4.69) is 0 Å². The van der Waals surface area contributed by atoms with Crippen molar-refractivity contribution in [3.8, 4) is 11.8 Å². The predicted molar refractivity (Wildman–Crippen MR) is 64.0 cm³/mol. The summed E-state index contributed by atoms with van der Waals surface area (Å²) in [6.45, 7) is 5.27. The van der Waals surface area contributed by atoms with Gasteiger partial charge in [0.2, 0.25) is 0 Å². The summed E-state index contributed by atoms with van der Waals surface area (Å²) in [4.78, 5) is 0. The van der Waals surface area contributed by atoms with Crippen molar-refractivity contribution in [2.45, 2.75) is 38.8 Å². The molecule has 17 heavy (non-hydrogen) atoms. The first-order chi connectivity index (χ1) is 7.84. The summed E-state index contributed by atoms with van der Waals surface area (Å²) in [7, 11) is 0. The molecular formula is C13H17FN2O. The number of rotatable bonds is 4. The van der Waals surface area contributed by atoms with Gasteiger partial charge in [-0.25, -0.2) is 4.39 Å². The van der Waals surface area contributed by atoms with Crippen LogP contribution < -0.4 is 10.5 Å². The smallest absolute Gasteiger partial charge is 0.123 e. The monoisotopic (exact) mass is 236 g/mol. The lowest BCUT2D eigenvalue weighted by atomic mass is 9.98. The predicted octanol–water partition coefficient (Wildman–Crippen LogP) is 2.53. The van der Waals surface area contributed by atoms with Crippen molar-refractivity contribution in [2.24, 2.45) is 5.73 Å². The molecule has 0 fully saturated rings. The van der Waals surface area contributed by atoms with Crippen LogP contribution in [-0.4, -0.2) is 11.6 Å². The van der Waals surface area contributed by atoms with E-state index in [-0.39, 0.29) is 11.9 Å². The van der Waals surface area contributed by atoms with Gasteiger partial charge in [0, 0.05) is 6.42 Å². The lowest BCUT2D eigenvalue weighted by Gasteiger charge is -2.22. The quantitative estimate of drug-likeness (QED) is 0.873. The molecule has 0 aliphatic carbocycles. The highest BCUT2D eigenvalue weighted by Gasteiger charge is 2.22. The maximum Gasteiger partial charge on any atom is 0.123 e. The molecule has 1 rings (SSSR count). The number of nitrogens with two attached hydrogens (primary N) is 1. The summed E-state index contributed by atoms with van der Waals surface area (Å²) in [6, 6.07) is 6.36. The van der Waals surface area contributed by atoms with Gasteiger partial charge >= 0.3 is 0 Å². The van der Waals surface area contributed by atoms with Gasteiger partial charge in [-0.05, 0) is 44.5 Å². The van der Waals surface area contributed by atoms with Crippen molar-refractivity contribution in [1.82, 2.24) is 0 Å². The Hall–Kier alpha value is -1.60. The Kier molecular flexibility index (Phi) is 4.08. The molecule has 0 spiro atoms. The molecule has 0 aliphatic heterocycles. The van der Waals surface area contributed by atoms with Crippen molar-refractivity contribution in [3.63, 3.8) is 0 Å². The van der Waals surface area contributed by atoms with Gasteiger partial charge in [-0.2, -0.15) is 5.26 Å². The Labute approximate surface area is 101 Å². The van der Waals surface area contributed by atoms with Gasteiger partial charge in [0.15, 0.2) is 0 Å². The average Bonchev–Trinajstić information content (AvgIpc) is 2.21. The van der Waals surface area contributed by atoms with Crippen LogP contribution in [0.25, 0.3) is 0 Å². The molecule has 0 aliphatic rings. The van der Waals surface area contributed by atoms with E-state index in [0.717, 1.165) is 5.56 Å². The maximum absolute atomic E-state index is 12.9. The van der Waals surface area contributed by atoms with Crippen molar-refractivity contribution in [1.29, 1.82) is 5.26 Å². The van der Waals surface area contributed by atoms with E-state index in [0.29, 0.717) is 12.2 Å². The third kappa shape index (κ3) is 4.04. The molecule has 0 saturated carbocycles. The van der Waals surface area contributed by atoms with Crippen LogP contribution in [0.4, 0.5) is 4.39 Å². The maximum atomic E-state index is 12.9. The highest BCUT2D eigenvalue weighted by molar-refractivity contribution is 5.32. The van der Waals surface area contributed by atoms with E-state index in [1.165, 1.54) is 12.1 Å². The standard InChI is InChI=1S/C13H17FN2O/c1-9-6-11(14)4-5-12(9)17-10(2)7-13(3,16)8-15/h4-6,10H,7,16H2,1-3H3. The van der Waals surface area contributed by atoms with Crippen LogP contribution in [0, 0.1) is 24.1 Å². The summed E-state index contributed by atoms with van der Waals surface area (Å²) in [5.41, 5.74) is 5.55. The molecule has 2 unspecified atom stereocenters. The van der Waals surface area contributed by atoms with Gasteiger partial charge in [0.05, 0.1) is 12.2 Å². The van der Waals surface area contributed by atoms with Gasteiger partial charge in [-0.1, -0.05) is 0 Å². The molecule has 92 valence electrons. The minimum Gasteiger partial charge on any atom is -0.490 e. The van der Waals surface area contributed by atoms with Crippen molar-refractivity contribution in [2.75, 3.05) is 0 Å². The van der Waals surface area contributed by atoms with Crippen LogP contribution in [0.2, 0.25) is 0 Å². The zero-order valence-electron chi connectivity index (χ0n) is 10.3. The lowest BCUT2D eigenvalue weighted by molar-refractivity contribution is 0.190. The molecule has 4 heteroatoms. The van der Waals surface area contributed by atoms with E-state index in [4.69, 9.17) is 15.7 Å². The van der Waals surface area contributed by atoms with Crippen molar-refractivity contribution in [3.05, 3.63) is 29.6 Å². The molecule has 2 N–H and O–H groups in total. The van der Waals surface area contributed by atoms with Gasteiger partial charge in [0.25, 0.3) is 0 Å². The zero-order chi connectivity index (χ0) is 13.1. The molecule has 2 atom stereocenters. The van der Waals surface area contributed by atoms with Crippen LogP contribution >= 0.6 is 0 Å². The average molecular weight is 236 g/mol. The second kappa shape index (κ2) is 5.15. The Morgan fingerprint density at radius 3 is 2.76 bits per heavy atom. The van der Waals surface area contributed by atoms with E-state index < -0.39 is 5.54 Å². The molecule has 0 heterocycles. The molecule has 0 amide bonds. The first kappa shape index (κ1) is 13.5. The normalized spacial score (nSPS) is 15.8. The molecular weight excluding hydrogens is 219 g/mol. The van der Waals surface area contributed by atoms with Gasteiger partial charge in [-0.3, -0.25) is 0 Å². The lowest BCUT2D eigenvalue weighted by Crippen LogP contribution is -2.38. The second-order valence-electron chi connectivity index (χ2n) is 4.57.